The molecule has 4 unspecified atom stereocenters. The molecule has 0 fully saturated rings. The van der Waals surface area contributed by atoms with E-state index in [2.05, 4.69) is 16.0 Å². The number of carbonyl (C=O) groups excluding carboxylic acids is 3. The van der Waals surface area contributed by atoms with Crippen molar-refractivity contribution in [2.24, 2.45) is 17.4 Å². The molecule has 0 aliphatic carbocycles. The van der Waals surface area contributed by atoms with E-state index in [1.807, 2.05) is 6.26 Å². The molecule has 0 rings (SSSR count). The van der Waals surface area contributed by atoms with Gasteiger partial charge in [-0.15, -0.1) is 0 Å². The Labute approximate surface area is 204 Å². The summed E-state index contributed by atoms with van der Waals surface area (Å²) < 4.78 is 0. The van der Waals surface area contributed by atoms with Crippen LogP contribution in [0.25, 0.3) is 0 Å². The van der Waals surface area contributed by atoms with Crippen LogP contribution in [0.15, 0.2) is 0 Å². The first-order chi connectivity index (χ1) is 15.9. The summed E-state index contributed by atoms with van der Waals surface area (Å²) in [6, 6.07) is -4.24. The van der Waals surface area contributed by atoms with Gasteiger partial charge in [-0.2, -0.15) is 11.8 Å². The van der Waals surface area contributed by atoms with E-state index in [9.17, 15) is 29.1 Å². The summed E-state index contributed by atoms with van der Waals surface area (Å²) in [5.41, 5.74) is 11.2. The van der Waals surface area contributed by atoms with Gasteiger partial charge in [0.25, 0.3) is 0 Å². The summed E-state index contributed by atoms with van der Waals surface area (Å²) >= 11 is 1.46. The molecule has 0 aliphatic rings. The number of unbranched alkanes of at least 4 members (excludes halogenated alkanes) is 1. The summed E-state index contributed by atoms with van der Waals surface area (Å²) in [6.45, 7) is 3.81. The number of carboxylic acid groups (broad SMARTS) is 2. The topological polar surface area (TPSA) is 214 Å². The summed E-state index contributed by atoms with van der Waals surface area (Å²) in [7, 11) is 0. The highest BCUT2D eigenvalue weighted by molar-refractivity contribution is 7.98. The first kappa shape index (κ1) is 31.6. The predicted molar refractivity (Wildman–Crippen MR) is 129 cm³/mol. The number of nitrogens with two attached hydrogens (primary N) is 2. The van der Waals surface area contributed by atoms with Crippen LogP contribution in [0.4, 0.5) is 0 Å². The summed E-state index contributed by atoms with van der Waals surface area (Å²) in [6.07, 6.45) is 3.06. The van der Waals surface area contributed by atoms with E-state index in [1.165, 1.54) is 11.8 Å². The van der Waals surface area contributed by atoms with Crippen LogP contribution in [0.2, 0.25) is 0 Å². The second-order valence-corrected chi connectivity index (χ2v) is 9.28. The zero-order chi connectivity index (χ0) is 26.3. The molecule has 196 valence electrons. The fourth-order valence-corrected chi connectivity index (χ4v) is 3.47. The van der Waals surface area contributed by atoms with Crippen molar-refractivity contribution in [2.45, 2.75) is 76.5 Å². The van der Waals surface area contributed by atoms with E-state index in [0.29, 0.717) is 25.1 Å². The fourth-order valence-electron chi connectivity index (χ4n) is 2.99. The standard InChI is InChI=1S/C21H39N5O7S/c1-12(2)17(20(31)25-15(21(32)33)6-4-5-10-22)26-19(30)14(9-11-34-3)24-18(29)13(23)7-8-16(27)28/h12-15,17H,4-11,22-23H2,1-3H3,(H,24,29)(H,25,31)(H,26,30)(H,27,28)(H,32,33). The van der Waals surface area contributed by atoms with Crippen molar-refractivity contribution in [3.8, 4) is 0 Å². The molecule has 0 aromatic carbocycles. The fraction of sp³-hybridized carbons (Fsp3) is 0.762. The molecule has 12 nitrogen and oxygen atoms in total. The predicted octanol–water partition coefficient (Wildman–Crippen LogP) is -0.744. The van der Waals surface area contributed by atoms with Gasteiger partial charge < -0.3 is 37.6 Å². The maximum Gasteiger partial charge on any atom is 0.326 e. The molecule has 0 saturated heterocycles. The highest BCUT2D eigenvalue weighted by Gasteiger charge is 2.31. The maximum atomic E-state index is 12.9. The first-order valence-electron chi connectivity index (χ1n) is 11.2. The van der Waals surface area contributed by atoms with Gasteiger partial charge in [0.05, 0.1) is 6.04 Å². The highest BCUT2D eigenvalue weighted by atomic mass is 32.2. The summed E-state index contributed by atoms with van der Waals surface area (Å²) in [4.78, 5) is 60.3. The van der Waals surface area contributed by atoms with Crippen LogP contribution >= 0.6 is 11.8 Å². The monoisotopic (exact) mass is 505 g/mol. The minimum Gasteiger partial charge on any atom is -0.481 e. The van der Waals surface area contributed by atoms with Crippen molar-refractivity contribution in [2.75, 3.05) is 18.6 Å². The Kier molecular flexibility index (Phi) is 15.9. The smallest absolute Gasteiger partial charge is 0.326 e. The van der Waals surface area contributed by atoms with Crippen LogP contribution in [-0.4, -0.2) is 82.6 Å². The van der Waals surface area contributed by atoms with Gasteiger partial charge >= 0.3 is 11.9 Å². The van der Waals surface area contributed by atoms with Crippen molar-refractivity contribution >= 4 is 41.4 Å². The van der Waals surface area contributed by atoms with E-state index >= 15 is 0 Å². The molecule has 9 N–H and O–H groups in total. The van der Waals surface area contributed by atoms with Crippen LogP contribution in [0.5, 0.6) is 0 Å². The molecule has 3 amide bonds. The van der Waals surface area contributed by atoms with Crippen LogP contribution in [0, 0.1) is 5.92 Å². The van der Waals surface area contributed by atoms with Crippen molar-refractivity contribution in [3.05, 3.63) is 0 Å². The van der Waals surface area contributed by atoms with Crippen molar-refractivity contribution < 1.29 is 34.2 Å². The lowest BCUT2D eigenvalue weighted by molar-refractivity contribution is -0.143. The highest BCUT2D eigenvalue weighted by Crippen LogP contribution is 2.08. The molecule has 0 heterocycles. The van der Waals surface area contributed by atoms with Gasteiger partial charge in [-0.25, -0.2) is 4.79 Å². The molecule has 0 aromatic heterocycles. The Morgan fingerprint density at radius 1 is 0.853 bits per heavy atom. The number of hydrogen-bond donors (Lipinski definition) is 7. The van der Waals surface area contributed by atoms with Crippen LogP contribution in [0.3, 0.4) is 0 Å². The number of aliphatic carboxylic acids is 2. The van der Waals surface area contributed by atoms with Crippen molar-refractivity contribution in [3.63, 3.8) is 0 Å². The van der Waals surface area contributed by atoms with Gasteiger partial charge in [0.1, 0.15) is 18.1 Å². The Morgan fingerprint density at radius 3 is 1.97 bits per heavy atom. The molecule has 0 aromatic rings. The number of hydrogen-bond acceptors (Lipinski definition) is 8. The van der Waals surface area contributed by atoms with E-state index in [4.69, 9.17) is 16.6 Å². The van der Waals surface area contributed by atoms with Gasteiger partial charge in [-0.1, -0.05) is 13.8 Å². The zero-order valence-electron chi connectivity index (χ0n) is 20.0. The molecule has 0 radical (unpaired) electrons. The second kappa shape index (κ2) is 17.1. The number of carbonyl (C=O) groups is 5. The van der Waals surface area contributed by atoms with Crippen LogP contribution in [-0.2, 0) is 24.0 Å². The third-order valence-corrected chi connectivity index (χ3v) is 5.70. The quantitative estimate of drug-likeness (QED) is 0.116. The normalized spacial score (nSPS) is 14.5. The Morgan fingerprint density at radius 2 is 1.47 bits per heavy atom. The molecular formula is C21H39N5O7S. The van der Waals surface area contributed by atoms with E-state index in [-0.39, 0.29) is 31.6 Å². The Bertz CT molecular complexity index is 692. The minimum absolute atomic E-state index is 0.0875. The molecule has 0 saturated carbocycles. The summed E-state index contributed by atoms with van der Waals surface area (Å²) in [5, 5.41) is 25.8. The average molecular weight is 506 g/mol. The maximum absolute atomic E-state index is 12.9. The van der Waals surface area contributed by atoms with Crippen LogP contribution < -0.4 is 27.4 Å². The average Bonchev–Trinajstić information content (AvgIpc) is 2.76. The van der Waals surface area contributed by atoms with Gasteiger partial charge in [-0.3, -0.25) is 19.2 Å². The van der Waals surface area contributed by atoms with Gasteiger partial charge in [-0.05, 0) is 56.6 Å². The molecule has 0 spiro atoms. The first-order valence-corrected chi connectivity index (χ1v) is 12.6. The van der Waals surface area contributed by atoms with Gasteiger partial charge in [0.15, 0.2) is 0 Å². The second-order valence-electron chi connectivity index (χ2n) is 8.30. The lowest BCUT2D eigenvalue weighted by Crippen LogP contribution is -2.58. The third-order valence-electron chi connectivity index (χ3n) is 5.06. The summed E-state index contributed by atoms with van der Waals surface area (Å²) in [5.74, 6) is -4.03. The molecule has 13 heteroatoms. The number of amides is 3. The number of rotatable bonds is 18. The SMILES string of the molecule is CSCCC(NC(=O)C(N)CCC(=O)O)C(=O)NC(C(=O)NC(CCCCN)C(=O)O)C(C)C. The number of carboxylic acids is 2. The number of nitrogens with one attached hydrogen (secondary N) is 3. The zero-order valence-corrected chi connectivity index (χ0v) is 20.9. The van der Waals surface area contributed by atoms with Gasteiger partial charge in [0, 0.05) is 6.42 Å². The Hall–Kier alpha value is -2.38. The largest absolute Gasteiger partial charge is 0.481 e. The van der Waals surface area contributed by atoms with E-state index < -0.39 is 53.8 Å². The molecule has 0 bridgehead atoms. The number of thioether (sulfide) groups is 1. The molecule has 0 aliphatic heterocycles. The molecular weight excluding hydrogens is 466 g/mol. The molecule has 4 atom stereocenters. The Balaban J connectivity index is 5.30. The minimum atomic E-state index is -1.18. The van der Waals surface area contributed by atoms with E-state index in [1.54, 1.807) is 13.8 Å². The molecule has 34 heavy (non-hydrogen) atoms. The lowest BCUT2D eigenvalue weighted by Gasteiger charge is -2.27. The van der Waals surface area contributed by atoms with E-state index in [0.717, 1.165) is 0 Å². The van der Waals surface area contributed by atoms with Crippen molar-refractivity contribution in [1.82, 2.24) is 16.0 Å². The van der Waals surface area contributed by atoms with Crippen molar-refractivity contribution in [1.29, 1.82) is 0 Å². The lowest BCUT2D eigenvalue weighted by atomic mass is 10.0. The van der Waals surface area contributed by atoms with Gasteiger partial charge in [0.2, 0.25) is 17.7 Å². The van der Waals surface area contributed by atoms with Crippen LogP contribution in [0.1, 0.15) is 52.4 Å². The third kappa shape index (κ3) is 12.8.